The molecule has 0 aromatic heterocycles. The summed E-state index contributed by atoms with van der Waals surface area (Å²) in [4.78, 5) is 23.9. The number of amides is 1. The molecule has 0 fully saturated rings. The van der Waals surface area contributed by atoms with E-state index in [1.54, 1.807) is 13.0 Å². The highest BCUT2D eigenvalue weighted by Gasteiger charge is 2.34. The van der Waals surface area contributed by atoms with E-state index in [0.717, 1.165) is 0 Å². The van der Waals surface area contributed by atoms with Gasteiger partial charge in [0.15, 0.2) is 0 Å². The number of likely N-dealkylation sites (N-methyl/N-ethyl adjacent to an activating group) is 1. The highest BCUT2D eigenvalue weighted by Crippen LogP contribution is 2.13. The number of carbonyl (C=O) groups excluding carboxylic acids is 1. The van der Waals surface area contributed by atoms with Gasteiger partial charge < -0.3 is 10.4 Å². The summed E-state index contributed by atoms with van der Waals surface area (Å²) < 4.78 is 0. The summed E-state index contributed by atoms with van der Waals surface area (Å²) in [7, 11) is 0. The van der Waals surface area contributed by atoms with Gasteiger partial charge in [0.2, 0.25) is 5.91 Å². The molecule has 6 heteroatoms. The van der Waals surface area contributed by atoms with Crippen LogP contribution in [0, 0.1) is 11.3 Å². The number of carboxylic acid groups (broad SMARTS) is 1. The van der Waals surface area contributed by atoms with Crippen molar-refractivity contribution in [2.45, 2.75) is 26.3 Å². The average molecular weight is 227 g/mol. The van der Waals surface area contributed by atoms with Crippen LogP contribution in [0.2, 0.25) is 0 Å². The molecule has 0 unspecified atom stereocenters. The molecule has 0 aliphatic rings. The van der Waals surface area contributed by atoms with Crippen LogP contribution < -0.4 is 5.32 Å². The van der Waals surface area contributed by atoms with E-state index in [-0.39, 0.29) is 19.0 Å². The fourth-order valence-electron chi connectivity index (χ4n) is 1.21. The zero-order chi connectivity index (χ0) is 12.8. The van der Waals surface area contributed by atoms with Crippen molar-refractivity contribution in [3.05, 3.63) is 0 Å². The number of carboxylic acids is 1. The van der Waals surface area contributed by atoms with Crippen molar-refractivity contribution in [3.8, 4) is 6.07 Å². The van der Waals surface area contributed by atoms with E-state index < -0.39 is 11.5 Å². The third kappa shape index (κ3) is 3.87. The highest BCUT2D eigenvalue weighted by molar-refractivity contribution is 5.81. The van der Waals surface area contributed by atoms with Crippen molar-refractivity contribution in [1.29, 1.82) is 5.26 Å². The van der Waals surface area contributed by atoms with Gasteiger partial charge in [0.1, 0.15) is 12.1 Å². The zero-order valence-electron chi connectivity index (χ0n) is 9.78. The smallest absolute Gasteiger partial charge is 0.323 e. The molecule has 0 saturated carbocycles. The molecule has 0 aromatic rings. The number of nitriles is 1. The van der Waals surface area contributed by atoms with E-state index in [1.807, 2.05) is 0 Å². The molecule has 90 valence electrons. The van der Waals surface area contributed by atoms with Gasteiger partial charge in [0.25, 0.3) is 0 Å². The second kappa shape index (κ2) is 6.08. The summed E-state index contributed by atoms with van der Waals surface area (Å²) in [6.45, 7) is 5.20. The van der Waals surface area contributed by atoms with Crippen LogP contribution in [0.25, 0.3) is 0 Å². The molecule has 0 aliphatic carbocycles. The first-order chi connectivity index (χ1) is 7.36. The molecule has 0 bridgehead atoms. The minimum atomic E-state index is -1.10. The van der Waals surface area contributed by atoms with Gasteiger partial charge in [-0.3, -0.25) is 14.5 Å². The summed E-state index contributed by atoms with van der Waals surface area (Å²) in [5, 5.41) is 19.7. The van der Waals surface area contributed by atoms with Crippen LogP contribution in [0.5, 0.6) is 0 Å². The quantitative estimate of drug-likeness (QED) is 0.613. The van der Waals surface area contributed by atoms with Crippen LogP contribution in [0.15, 0.2) is 0 Å². The van der Waals surface area contributed by atoms with Gasteiger partial charge in [0, 0.05) is 0 Å². The Balaban J connectivity index is 4.48. The molecular weight excluding hydrogens is 210 g/mol. The second-order valence-corrected chi connectivity index (χ2v) is 3.81. The Morgan fingerprint density at radius 1 is 1.50 bits per heavy atom. The lowest BCUT2D eigenvalue weighted by Crippen LogP contribution is -2.53. The van der Waals surface area contributed by atoms with Crippen molar-refractivity contribution < 1.29 is 14.7 Å². The number of hydrogen-bond acceptors (Lipinski definition) is 4. The largest absolute Gasteiger partial charge is 0.480 e. The fraction of sp³-hybridized carbons (Fsp3) is 0.700. The van der Waals surface area contributed by atoms with Gasteiger partial charge in [-0.25, -0.2) is 0 Å². The topological polar surface area (TPSA) is 93.4 Å². The fourth-order valence-corrected chi connectivity index (χ4v) is 1.21. The lowest BCUT2D eigenvalue weighted by Gasteiger charge is -2.33. The normalized spacial score (nSPS) is 10.9. The van der Waals surface area contributed by atoms with Crippen molar-refractivity contribution in [1.82, 2.24) is 10.2 Å². The van der Waals surface area contributed by atoms with E-state index >= 15 is 0 Å². The van der Waals surface area contributed by atoms with E-state index in [2.05, 4.69) is 5.32 Å². The third-order valence-corrected chi connectivity index (χ3v) is 2.39. The number of carbonyl (C=O) groups is 2. The predicted octanol–water partition coefficient (Wildman–Crippen LogP) is -0.189. The SMILES string of the molecule is CCN(CC(=O)NCC#N)C(C)(C)C(=O)O. The molecule has 0 rings (SSSR count). The lowest BCUT2D eigenvalue weighted by atomic mass is 10.0. The lowest BCUT2D eigenvalue weighted by molar-refractivity contribution is -0.150. The number of hydrogen-bond donors (Lipinski definition) is 2. The van der Waals surface area contributed by atoms with Crippen LogP contribution in [-0.2, 0) is 9.59 Å². The summed E-state index contributed by atoms with van der Waals surface area (Å²) in [6, 6.07) is 1.78. The minimum absolute atomic E-state index is 0.0303. The Kier molecular flexibility index (Phi) is 5.47. The first-order valence-corrected chi connectivity index (χ1v) is 4.98. The molecule has 0 aromatic carbocycles. The molecule has 0 saturated heterocycles. The molecule has 0 radical (unpaired) electrons. The molecule has 6 nitrogen and oxygen atoms in total. The maximum absolute atomic E-state index is 11.3. The molecule has 0 spiro atoms. The van der Waals surface area contributed by atoms with E-state index in [9.17, 15) is 9.59 Å². The summed E-state index contributed by atoms with van der Waals surface area (Å²) in [5.74, 6) is -1.33. The van der Waals surface area contributed by atoms with Crippen molar-refractivity contribution >= 4 is 11.9 Å². The highest BCUT2D eigenvalue weighted by atomic mass is 16.4. The Hall–Kier alpha value is -1.61. The molecule has 1 amide bonds. The minimum Gasteiger partial charge on any atom is -0.480 e. The Bertz CT molecular complexity index is 307. The van der Waals surface area contributed by atoms with Gasteiger partial charge in [0.05, 0.1) is 12.6 Å². The molecular formula is C10H17N3O3. The van der Waals surface area contributed by atoms with Crippen molar-refractivity contribution in [2.24, 2.45) is 0 Å². The average Bonchev–Trinajstić information content (AvgIpc) is 2.22. The standard InChI is InChI=1S/C10H17N3O3/c1-4-13(10(2,3)9(15)16)7-8(14)12-6-5-11/h4,6-7H2,1-3H3,(H,12,14)(H,15,16). The number of rotatable bonds is 6. The van der Waals surface area contributed by atoms with Crippen LogP contribution in [0.4, 0.5) is 0 Å². The zero-order valence-corrected chi connectivity index (χ0v) is 9.78. The molecule has 0 atom stereocenters. The van der Waals surface area contributed by atoms with E-state index in [4.69, 9.17) is 10.4 Å². The third-order valence-electron chi connectivity index (χ3n) is 2.39. The molecule has 0 aliphatic heterocycles. The van der Waals surface area contributed by atoms with Gasteiger partial charge in [-0.2, -0.15) is 5.26 Å². The first-order valence-electron chi connectivity index (χ1n) is 4.98. The van der Waals surface area contributed by atoms with Gasteiger partial charge in [-0.15, -0.1) is 0 Å². The van der Waals surface area contributed by atoms with Crippen LogP contribution in [0.1, 0.15) is 20.8 Å². The Morgan fingerprint density at radius 2 is 2.06 bits per heavy atom. The first kappa shape index (κ1) is 14.4. The maximum Gasteiger partial charge on any atom is 0.323 e. The monoisotopic (exact) mass is 227 g/mol. The maximum atomic E-state index is 11.3. The Labute approximate surface area is 94.8 Å². The van der Waals surface area contributed by atoms with E-state index in [1.165, 1.54) is 18.7 Å². The van der Waals surface area contributed by atoms with Crippen LogP contribution >= 0.6 is 0 Å². The second-order valence-electron chi connectivity index (χ2n) is 3.81. The van der Waals surface area contributed by atoms with Crippen LogP contribution in [0.3, 0.4) is 0 Å². The summed E-state index contributed by atoms with van der Waals surface area (Å²) in [6.07, 6.45) is 0. The Morgan fingerprint density at radius 3 is 2.44 bits per heavy atom. The van der Waals surface area contributed by atoms with E-state index in [0.29, 0.717) is 6.54 Å². The van der Waals surface area contributed by atoms with Crippen molar-refractivity contribution in [3.63, 3.8) is 0 Å². The molecule has 0 heterocycles. The number of nitrogens with one attached hydrogen (secondary N) is 1. The summed E-state index contributed by atoms with van der Waals surface area (Å²) >= 11 is 0. The molecule has 16 heavy (non-hydrogen) atoms. The van der Waals surface area contributed by atoms with Gasteiger partial charge in [-0.05, 0) is 20.4 Å². The number of nitrogens with zero attached hydrogens (tertiary/aromatic N) is 2. The van der Waals surface area contributed by atoms with Gasteiger partial charge >= 0.3 is 5.97 Å². The van der Waals surface area contributed by atoms with Crippen LogP contribution in [-0.4, -0.2) is 47.1 Å². The summed E-state index contributed by atoms with van der Waals surface area (Å²) in [5.41, 5.74) is -1.10. The number of aliphatic carboxylic acids is 1. The van der Waals surface area contributed by atoms with Gasteiger partial charge in [-0.1, -0.05) is 6.92 Å². The predicted molar refractivity (Wildman–Crippen MR) is 57.6 cm³/mol. The molecule has 2 N–H and O–H groups in total. The van der Waals surface area contributed by atoms with Crippen molar-refractivity contribution in [2.75, 3.05) is 19.6 Å².